The highest BCUT2D eigenvalue weighted by Crippen LogP contribution is 2.07. The molecule has 0 spiro atoms. The zero-order valence-electron chi connectivity index (χ0n) is 11.1. The fourth-order valence-corrected chi connectivity index (χ4v) is 1.62. The highest BCUT2D eigenvalue weighted by molar-refractivity contribution is 6.01. The number of hydrogen-bond donors (Lipinski definition) is 2. The smallest absolute Gasteiger partial charge is 0.249 e. The Labute approximate surface area is 116 Å². The summed E-state index contributed by atoms with van der Waals surface area (Å²) in [7, 11) is 0. The van der Waals surface area contributed by atoms with E-state index in [0.717, 1.165) is 17.7 Å². The Bertz CT molecular complexity index is 662. The highest BCUT2D eigenvalue weighted by atomic mass is 16.1. The number of nitrogens with one attached hydrogen (secondary N) is 2. The number of carbonyl (C=O) groups excluding carboxylic acids is 1. The fourth-order valence-electron chi connectivity index (χ4n) is 1.62. The van der Waals surface area contributed by atoms with Gasteiger partial charge >= 0.3 is 0 Å². The number of H-pyrrole nitrogens is 1. The van der Waals surface area contributed by atoms with Crippen LogP contribution in [0.25, 0.3) is 6.08 Å². The van der Waals surface area contributed by atoms with Gasteiger partial charge in [-0.05, 0) is 30.2 Å². The molecule has 0 unspecified atom stereocenters. The average Bonchev–Trinajstić information content (AvgIpc) is 2.93. The van der Waals surface area contributed by atoms with Crippen molar-refractivity contribution >= 4 is 17.8 Å². The van der Waals surface area contributed by atoms with Crippen LogP contribution >= 0.6 is 0 Å². The molecule has 1 heterocycles. The van der Waals surface area contributed by atoms with Crippen LogP contribution in [0.1, 0.15) is 23.7 Å². The standard InChI is InChI=1S/C15H14N4O/c1-2-13-9-14(19-18-13)17-15(20)8-7-11-3-5-12(10-16)6-4-11/h3-9H,2H2,1H3,(H2,17,18,19,20)/b8-7+. The number of nitrogens with zero attached hydrogens (tertiary/aromatic N) is 2. The van der Waals surface area contributed by atoms with Gasteiger partial charge in [0.25, 0.3) is 0 Å². The first-order valence-corrected chi connectivity index (χ1v) is 6.25. The van der Waals surface area contributed by atoms with Crippen molar-refractivity contribution in [3.05, 3.63) is 53.2 Å². The molecule has 5 nitrogen and oxygen atoms in total. The van der Waals surface area contributed by atoms with E-state index in [1.165, 1.54) is 6.08 Å². The van der Waals surface area contributed by atoms with Gasteiger partial charge in [0.1, 0.15) is 0 Å². The topological polar surface area (TPSA) is 81.6 Å². The second-order valence-corrected chi connectivity index (χ2v) is 4.19. The first-order chi connectivity index (χ1) is 9.71. The van der Waals surface area contributed by atoms with Crippen LogP contribution in [0.2, 0.25) is 0 Å². The van der Waals surface area contributed by atoms with Crippen molar-refractivity contribution in [2.45, 2.75) is 13.3 Å². The lowest BCUT2D eigenvalue weighted by molar-refractivity contribution is -0.111. The van der Waals surface area contributed by atoms with Gasteiger partial charge in [0.05, 0.1) is 11.6 Å². The first kappa shape index (κ1) is 13.6. The van der Waals surface area contributed by atoms with Crippen molar-refractivity contribution in [2.24, 2.45) is 0 Å². The molecule has 2 rings (SSSR count). The molecule has 20 heavy (non-hydrogen) atoms. The van der Waals surface area contributed by atoms with E-state index < -0.39 is 0 Å². The maximum absolute atomic E-state index is 11.7. The number of aromatic amines is 1. The van der Waals surface area contributed by atoms with Gasteiger partial charge in [-0.3, -0.25) is 9.89 Å². The molecular weight excluding hydrogens is 252 g/mol. The van der Waals surface area contributed by atoms with E-state index >= 15 is 0 Å². The van der Waals surface area contributed by atoms with E-state index in [0.29, 0.717) is 11.4 Å². The molecule has 1 aromatic carbocycles. The Morgan fingerprint density at radius 2 is 2.20 bits per heavy atom. The third-order valence-electron chi connectivity index (χ3n) is 2.73. The van der Waals surface area contributed by atoms with E-state index in [1.807, 2.05) is 13.0 Å². The number of hydrogen-bond acceptors (Lipinski definition) is 3. The molecule has 2 aromatic rings. The van der Waals surface area contributed by atoms with Gasteiger partial charge in [-0.1, -0.05) is 19.1 Å². The largest absolute Gasteiger partial charge is 0.306 e. The van der Waals surface area contributed by atoms with Crippen LogP contribution in [0.5, 0.6) is 0 Å². The number of aryl methyl sites for hydroxylation is 1. The second kappa shape index (κ2) is 6.34. The number of anilines is 1. The van der Waals surface area contributed by atoms with Crippen molar-refractivity contribution in [2.75, 3.05) is 5.32 Å². The summed E-state index contributed by atoms with van der Waals surface area (Å²) in [6, 6.07) is 10.8. The highest BCUT2D eigenvalue weighted by Gasteiger charge is 2.02. The van der Waals surface area contributed by atoms with Crippen molar-refractivity contribution in [3.8, 4) is 6.07 Å². The van der Waals surface area contributed by atoms with Crippen LogP contribution in [0.4, 0.5) is 5.82 Å². The molecule has 0 saturated carbocycles. The van der Waals surface area contributed by atoms with Gasteiger partial charge < -0.3 is 5.32 Å². The maximum atomic E-state index is 11.7. The van der Waals surface area contributed by atoms with Crippen molar-refractivity contribution in [1.82, 2.24) is 10.2 Å². The fraction of sp³-hybridized carbons (Fsp3) is 0.133. The molecule has 0 fully saturated rings. The molecule has 5 heteroatoms. The Morgan fingerprint density at radius 3 is 2.80 bits per heavy atom. The SMILES string of the molecule is CCc1cc(NC(=O)/C=C/c2ccc(C#N)cc2)n[nH]1. The lowest BCUT2D eigenvalue weighted by Crippen LogP contribution is -2.07. The minimum absolute atomic E-state index is 0.247. The lowest BCUT2D eigenvalue weighted by atomic mass is 10.1. The third-order valence-corrected chi connectivity index (χ3v) is 2.73. The van der Waals surface area contributed by atoms with Crippen molar-refractivity contribution in [1.29, 1.82) is 5.26 Å². The molecule has 1 aromatic heterocycles. The predicted molar refractivity (Wildman–Crippen MR) is 76.8 cm³/mol. The Balaban J connectivity index is 1.96. The number of benzene rings is 1. The Kier molecular flexibility index (Phi) is 4.30. The number of amides is 1. The maximum Gasteiger partial charge on any atom is 0.249 e. The molecular formula is C15H14N4O. The van der Waals surface area contributed by atoms with Gasteiger partial charge in [-0.25, -0.2) is 0 Å². The van der Waals surface area contributed by atoms with Crippen LogP contribution in [0.3, 0.4) is 0 Å². The minimum atomic E-state index is -0.247. The normalized spacial score (nSPS) is 10.4. The molecule has 0 aliphatic heterocycles. The van der Waals surface area contributed by atoms with Gasteiger partial charge in [-0.2, -0.15) is 10.4 Å². The van der Waals surface area contributed by atoms with Gasteiger partial charge in [0.15, 0.2) is 5.82 Å². The molecule has 0 atom stereocenters. The van der Waals surface area contributed by atoms with Crippen LogP contribution in [-0.4, -0.2) is 16.1 Å². The first-order valence-electron chi connectivity index (χ1n) is 6.25. The summed E-state index contributed by atoms with van der Waals surface area (Å²) in [4.78, 5) is 11.7. The zero-order chi connectivity index (χ0) is 14.4. The van der Waals surface area contributed by atoms with Crippen molar-refractivity contribution in [3.63, 3.8) is 0 Å². The van der Waals surface area contributed by atoms with Crippen LogP contribution in [0.15, 0.2) is 36.4 Å². The predicted octanol–water partition coefficient (Wildman–Crippen LogP) is 2.50. The number of carbonyl (C=O) groups is 1. The minimum Gasteiger partial charge on any atom is -0.306 e. The molecule has 0 saturated heterocycles. The molecule has 0 aliphatic carbocycles. The summed E-state index contributed by atoms with van der Waals surface area (Å²) < 4.78 is 0. The molecule has 2 N–H and O–H groups in total. The number of rotatable bonds is 4. The van der Waals surface area contributed by atoms with Crippen LogP contribution < -0.4 is 5.32 Å². The van der Waals surface area contributed by atoms with E-state index in [4.69, 9.17) is 5.26 Å². The van der Waals surface area contributed by atoms with E-state index in [2.05, 4.69) is 15.5 Å². The molecule has 0 radical (unpaired) electrons. The van der Waals surface area contributed by atoms with Gasteiger partial charge in [0.2, 0.25) is 5.91 Å². The Morgan fingerprint density at radius 1 is 1.45 bits per heavy atom. The van der Waals surface area contributed by atoms with Crippen LogP contribution in [0, 0.1) is 11.3 Å². The van der Waals surface area contributed by atoms with Crippen LogP contribution in [-0.2, 0) is 11.2 Å². The quantitative estimate of drug-likeness (QED) is 0.834. The molecule has 0 aliphatic rings. The molecule has 100 valence electrons. The lowest BCUT2D eigenvalue weighted by Gasteiger charge is -1.96. The van der Waals surface area contributed by atoms with Gasteiger partial charge in [0, 0.05) is 17.8 Å². The monoisotopic (exact) mass is 266 g/mol. The number of nitriles is 1. The molecule has 1 amide bonds. The summed E-state index contributed by atoms with van der Waals surface area (Å²) >= 11 is 0. The Hall–Kier alpha value is -2.87. The number of aromatic nitrogens is 2. The summed E-state index contributed by atoms with van der Waals surface area (Å²) in [6.45, 7) is 2.00. The summed E-state index contributed by atoms with van der Waals surface area (Å²) in [6.07, 6.45) is 3.95. The zero-order valence-corrected chi connectivity index (χ0v) is 11.1. The molecule has 0 bridgehead atoms. The van der Waals surface area contributed by atoms with E-state index in [9.17, 15) is 4.79 Å². The van der Waals surface area contributed by atoms with E-state index in [1.54, 1.807) is 36.4 Å². The third kappa shape index (κ3) is 3.56. The average molecular weight is 266 g/mol. The second-order valence-electron chi connectivity index (χ2n) is 4.19. The van der Waals surface area contributed by atoms with Gasteiger partial charge in [-0.15, -0.1) is 0 Å². The summed E-state index contributed by atoms with van der Waals surface area (Å²) in [5.74, 6) is 0.264. The summed E-state index contributed by atoms with van der Waals surface area (Å²) in [5.41, 5.74) is 2.42. The van der Waals surface area contributed by atoms with Crippen molar-refractivity contribution < 1.29 is 4.79 Å². The summed E-state index contributed by atoms with van der Waals surface area (Å²) in [5, 5.41) is 18.2. The van der Waals surface area contributed by atoms with E-state index in [-0.39, 0.29) is 5.91 Å².